The van der Waals surface area contributed by atoms with Crippen LogP contribution in [0.25, 0.3) is 0 Å². The van der Waals surface area contributed by atoms with Gasteiger partial charge in [-0.3, -0.25) is 0 Å². The fourth-order valence-corrected chi connectivity index (χ4v) is 1.25. The molecule has 1 rings (SSSR count). The lowest BCUT2D eigenvalue weighted by molar-refractivity contribution is -0.0153. The number of rotatable bonds is 5. The summed E-state index contributed by atoms with van der Waals surface area (Å²) in [5, 5.41) is 9.58. The van der Waals surface area contributed by atoms with Crippen molar-refractivity contribution < 1.29 is 9.84 Å². The minimum Gasteiger partial charge on any atom is -0.386 e. The number of allylic oxidation sites excluding steroid dienone is 1. The first kappa shape index (κ1) is 12.0. The Morgan fingerprint density at radius 3 is 2.60 bits per heavy atom. The summed E-state index contributed by atoms with van der Waals surface area (Å²) in [7, 11) is 0. The first-order valence-corrected chi connectivity index (χ1v) is 5.20. The Balaban J connectivity index is 2.37. The van der Waals surface area contributed by atoms with Gasteiger partial charge in [-0.05, 0) is 19.4 Å². The molecule has 0 saturated heterocycles. The van der Waals surface area contributed by atoms with E-state index >= 15 is 0 Å². The Kier molecular flexibility index (Phi) is 5.08. The maximum atomic E-state index is 9.58. The van der Waals surface area contributed by atoms with Crippen LogP contribution in [0, 0.1) is 0 Å². The molecule has 2 atom stereocenters. The highest BCUT2D eigenvalue weighted by Crippen LogP contribution is 2.06. The van der Waals surface area contributed by atoms with Gasteiger partial charge in [0.15, 0.2) is 0 Å². The van der Waals surface area contributed by atoms with E-state index in [2.05, 4.69) is 0 Å². The number of ether oxygens (including phenoxy) is 1. The van der Waals surface area contributed by atoms with Crippen molar-refractivity contribution in [2.75, 3.05) is 0 Å². The molecule has 0 radical (unpaired) electrons. The van der Waals surface area contributed by atoms with Crippen molar-refractivity contribution in [3.63, 3.8) is 0 Å². The van der Waals surface area contributed by atoms with Crippen LogP contribution in [0.2, 0.25) is 0 Å². The maximum absolute atomic E-state index is 9.58. The van der Waals surface area contributed by atoms with Gasteiger partial charge in [0.25, 0.3) is 0 Å². The largest absolute Gasteiger partial charge is 0.386 e. The topological polar surface area (TPSA) is 29.5 Å². The Hall–Kier alpha value is -1.12. The summed E-state index contributed by atoms with van der Waals surface area (Å²) in [5.41, 5.74) is 1.12. The van der Waals surface area contributed by atoms with Crippen LogP contribution in [-0.4, -0.2) is 17.3 Å². The molecule has 0 saturated carbocycles. The molecule has 0 aromatic heterocycles. The monoisotopic (exact) mass is 206 g/mol. The first-order chi connectivity index (χ1) is 7.24. The number of aliphatic hydroxyl groups excluding tert-OH is 1. The van der Waals surface area contributed by atoms with Crippen LogP contribution in [0.15, 0.2) is 42.5 Å². The highest BCUT2D eigenvalue weighted by Gasteiger charge is 2.10. The van der Waals surface area contributed by atoms with Gasteiger partial charge in [-0.1, -0.05) is 42.5 Å². The summed E-state index contributed by atoms with van der Waals surface area (Å²) in [6, 6.07) is 9.95. The normalized spacial score (nSPS) is 15.4. The molecular formula is C13H18O2. The van der Waals surface area contributed by atoms with Crippen molar-refractivity contribution in [3.05, 3.63) is 48.0 Å². The first-order valence-electron chi connectivity index (χ1n) is 5.20. The molecule has 2 unspecified atom stereocenters. The molecule has 2 heteroatoms. The van der Waals surface area contributed by atoms with E-state index in [1.807, 2.05) is 50.3 Å². The number of benzene rings is 1. The van der Waals surface area contributed by atoms with Gasteiger partial charge in [-0.25, -0.2) is 0 Å². The van der Waals surface area contributed by atoms with E-state index in [9.17, 15) is 5.11 Å². The third kappa shape index (κ3) is 4.28. The quantitative estimate of drug-likeness (QED) is 0.750. The SMILES string of the molecule is CC=CC(O)C(C)OCc1ccccc1. The Morgan fingerprint density at radius 1 is 1.33 bits per heavy atom. The second-order valence-electron chi connectivity index (χ2n) is 3.52. The van der Waals surface area contributed by atoms with Gasteiger partial charge in [0, 0.05) is 0 Å². The van der Waals surface area contributed by atoms with Gasteiger partial charge < -0.3 is 9.84 Å². The van der Waals surface area contributed by atoms with Crippen LogP contribution in [0.3, 0.4) is 0 Å². The standard InChI is InChI=1S/C13H18O2/c1-3-7-13(14)11(2)15-10-12-8-5-4-6-9-12/h3-9,11,13-14H,10H2,1-2H3. The van der Waals surface area contributed by atoms with Crippen LogP contribution >= 0.6 is 0 Å². The molecule has 0 amide bonds. The van der Waals surface area contributed by atoms with Gasteiger partial charge in [0.1, 0.15) is 0 Å². The lowest BCUT2D eigenvalue weighted by Gasteiger charge is -2.16. The predicted octanol–water partition coefficient (Wildman–Crippen LogP) is 2.53. The second kappa shape index (κ2) is 6.38. The zero-order valence-electron chi connectivity index (χ0n) is 9.26. The number of hydrogen-bond acceptors (Lipinski definition) is 2. The van der Waals surface area contributed by atoms with E-state index in [-0.39, 0.29) is 6.10 Å². The third-order valence-electron chi connectivity index (χ3n) is 2.23. The van der Waals surface area contributed by atoms with Crippen LogP contribution in [0.5, 0.6) is 0 Å². The molecule has 0 fully saturated rings. The average Bonchev–Trinajstić information content (AvgIpc) is 2.27. The fourth-order valence-electron chi connectivity index (χ4n) is 1.25. The van der Waals surface area contributed by atoms with Crippen molar-refractivity contribution in [1.29, 1.82) is 0 Å². The third-order valence-corrected chi connectivity index (χ3v) is 2.23. The maximum Gasteiger partial charge on any atom is 0.0979 e. The molecule has 2 nitrogen and oxygen atoms in total. The van der Waals surface area contributed by atoms with Crippen molar-refractivity contribution in [2.45, 2.75) is 32.7 Å². The van der Waals surface area contributed by atoms with Crippen molar-refractivity contribution in [2.24, 2.45) is 0 Å². The summed E-state index contributed by atoms with van der Waals surface area (Å²) >= 11 is 0. The molecule has 1 N–H and O–H groups in total. The van der Waals surface area contributed by atoms with Gasteiger partial charge in [-0.2, -0.15) is 0 Å². The zero-order chi connectivity index (χ0) is 11.1. The van der Waals surface area contributed by atoms with E-state index in [4.69, 9.17) is 4.74 Å². The van der Waals surface area contributed by atoms with Gasteiger partial charge in [0.2, 0.25) is 0 Å². The lowest BCUT2D eigenvalue weighted by atomic mass is 10.2. The van der Waals surface area contributed by atoms with E-state index in [0.29, 0.717) is 6.61 Å². The minimum atomic E-state index is -0.529. The lowest BCUT2D eigenvalue weighted by Crippen LogP contribution is -2.23. The second-order valence-corrected chi connectivity index (χ2v) is 3.52. The van der Waals surface area contributed by atoms with E-state index in [0.717, 1.165) is 5.56 Å². The molecule has 15 heavy (non-hydrogen) atoms. The Labute approximate surface area is 91.2 Å². The molecule has 0 aliphatic rings. The van der Waals surface area contributed by atoms with Crippen LogP contribution in [0.4, 0.5) is 0 Å². The van der Waals surface area contributed by atoms with Crippen molar-refractivity contribution >= 4 is 0 Å². The van der Waals surface area contributed by atoms with Crippen molar-refractivity contribution in [1.82, 2.24) is 0 Å². The molecule has 0 spiro atoms. The molecule has 0 aliphatic carbocycles. The van der Waals surface area contributed by atoms with Gasteiger partial charge >= 0.3 is 0 Å². The van der Waals surface area contributed by atoms with Crippen LogP contribution in [-0.2, 0) is 11.3 Å². The summed E-state index contributed by atoms with van der Waals surface area (Å²) < 4.78 is 5.54. The van der Waals surface area contributed by atoms with Crippen molar-refractivity contribution in [3.8, 4) is 0 Å². The average molecular weight is 206 g/mol. The minimum absolute atomic E-state index is 0.179. The summed E-state index contributed by atoms with van der Waals surface area (Å²) in [6.07, 6.45) is 2.85. The summed E-state index contributed by atoms with van der Waals surface area (Å²) in [5.74, 6) is 0. The Morgan fingerprint density at radius 2 is 2.00 bits per heavy atom. The van der Waals surface area contributed by atoms with E-state index in [1.165, 1.54) is 0 Å². The zero-order valence-corrected chi connectivity index (χ0v) is 9.26. The molecule has 0 aliphatic heterocycles. The fraction of sp³-hybridized carbons (Fsp3) is 0.385. The smallest absolute Gasteiger partial charge is 0.0979 e. The highest BCUT2D eigenvalue weighted by molar-refractivity contribution is 5.13. The molecule has 1 aromatic carbocycles. The van der Waals surface area contributed by atoms with Gasteiger partial charge in [0.05, 0.1) is 18.8 Å². The molecular weight excluding hydrogens is 188 g/mol. The number of aliphatic hydroxyl groups is 1. The van der Waals surface area contributed by atoms with E-state index < -0.39 is 6.10 Å². The van der Waals surface area contributed by atoms with Gasteiger partial charge in [-0.15, -0.1) is 0 Å². The molecule has 0 bridgehead atoms. The highest BCUT2D eigenvalue weighted by atomic mass is 16.5. The Bertz CT molecular complexity index is 293. The molecule has 82 valence electrons. The molecule has 1 aromatic rings. The summed E-state index contributed by atoms with van der Waals surface area (Å²) in [6.45, 7) is 4.29. The number of hydrogen-bond donors (Lipinski definition) is 1. The van der Waals surface area contributed by atoms with Crippen LogP contribution in [0.1, 0.15) is 19.4 Å². The van der Waals surface area contributed by atoms with Crippen LogP contribution < -0.4 is 0 Å². The summed E-state index contributed by atoms with van der Waals surface area (Å²) in [4.78, 5) is 0. The predicted molar refractivity (Wildman–Crippen MR) is 61.5 cm³/mol. The van der Waals surface area contributed by atoms with E-state index in [1.54, 1.807) is 6.08 Å². The molecule has 0 heterocycles.